The topological polar surface area (TPSA) is 154 Å². The second-order valence-corrected chi connectivity index (χ2v) is 11.6. The number of nitrogens with one attached hydrogen (secondary N) is 3. The highest BCUT2D eigenvalue weighted by atomic mass is 31.1. The van der Waals surface area contributed by atoms with E-state index in [9.17, 15) is 27.6 Å². The molecule has 11 nitrogen and oxygen atoms in total. The first-order chi connectivity index (χ1) is 21.0. The van der Waals surface area contributed by atoms with Crippen LogP contribution in [0.5, 0.6) is 0 Å². The predicted molar refractivity (Wildman–Crippen MR) is 160 cm³/mol. The molecular formula is C29H31F3N7O4P. The lowest BCUT2D eigenvalue weighted by Gasteiger charge is -2.25. The van der Waals surface area contributed by atoms with Gasteiger partial charge in [0.25, 0.3) is 5.91 Å². The lowest BCUT2D eigenvalue weighted by Crippen LogP contribution is -2.21. The summed E-state index contributed by atoms with van der Waals surface area (Å²) in [6.45, 7) is 0. The molecule has 2 heterocycles. The summed E-state index contributed by atoms with van der Waals surface area (Å²) in [6, 6.07) is 11.3. The SMILES string of the molecule is CNC(=O)c1cc(-c2cnn([C@H]3CC[C@H](O)CC3)c2)ccc1Nc1nc(Nc2ccc(C[PH](=O)O)cc2)ncc1C(F)(F)F. The van der Waals surface area contributed by atoms with Crippen LogP contribution in [0.25, 0.3) is 11.1 Å². The summed E-state index contributed by atoms with van der Waals surface area (Å²) >= 11 is 0. The highest BCUT2D eigenvalue weighted by Crippen LogP contribution is 2.37. The zero-order valence-corrected chi connectivity index (χ0v) is 24.6. The molecule has 0 saturated heterocycles. The van der Waals surface area contributed by atoms with Gasteiger partial charge in [-0.05, 0) is 61.1 Å². The van der Waals surface area contributed by atoms with Crippen LogP contribution >= 0.6 is 8.03 Å². The summed E-state index contributed by atoms with van der Waals surface area (Å²) < 4.78 is 54.8. The fourth-order valence-electron chi connectivity index (χ4n) is 5.05. The second-order valence-electron chi connectivity index (χ2n) is 10.5. The molecule has 1 aliphatic rings. The molecule has 1 unspecified atom stereocenters. The number of nitrogens with zero attached hydrogens (tertiary/aromatic N) is 4. The van der Waals surface area contributed by atoms with Gasteiger partial charge in [-0.3, -0.25) is 14.0 Å². The van der Waals surface area contributed by atoms with Crippen molar-refractivity contribution in [3.05, 3.63) is 77.7 Å². The van der Waals surface area contributed by atoms with Gasteiger partial charge in [-0.15, -0.1) is 0 Å². The Morgan fingerprint density at radius 3 is 2.43 bits per heavy atom. The third-order valence-corrected chi connectivity index (χ3v) is 8.09. The van der Waals surface area contributed by atoms with E-state index in [1.165, 1.54) is 13.1 Å². The summed E-state index contributed by atoms with van der Waals surface area (Å²) in [7, 11) is -1.27. The first-order valence-electron chi connectivity index (χ1n) is 13.9. The van der Waals surface area contributed by atoms with Gasteiger partial charge in [-0.25, -0.2) is 4.98 Å². The van der Waals surface area contributed by atoms with Crippen LogP contribution in [-0.4, -0.2) is 48.8 Å². The molecule has 0 bridgehead atoms. The van der Waals surface area contributed by atoms with E-state index in [4.69, 9.17) is 4.89 Å². The molecule has 0 radical (unpaired) electrons. The highest BCUT2D eigenvalue weighted by Gasteiger charge is 2.36. The maximum atomic E-state index is 14.0. The van der Waals surface area contributed by atoms with Crippen LogP contribution < -0.4 is 16.0 Å². The lowest BCUT2D eigenvalue weighted by atomic mass is 9.93. The number of hydrogen-bond acceptors (Lipinski definition) is 8. The van der Waals surface area contributed by atoms with Crippen LogP contribution in [0.15, 0.2) is 61.1 Å². The zero-order valence-electron chi connectivity index (χ0n) is 23.6. The van der Waals surface area contributed by atoms with E-state index >= 15 is 0 Å². The van der Waals surface area contributed by atoms with E-state index in [0.29, 0.717) is 35.9 Å². The molecule has 0 spiro atoms. The van der Waals surface area contributed by atoms with Gasteiger partial charge in [0.15, 0.2) is 8.03 Å². The number of hydrogen-bond donors (Lipinski definition) is 5. The Morgan fingerprint density at radius 1 is 1.05 bits per heavy atom. The third kappa shape index (κ3) is 7.44. The Balaban J connectivity index is 1.43. The summed E-state index contributed by atoms with van der Waals surface area (Å²) in [5.74, 6) is -1.21. The fourth-order valence-corrected chi connectivity index (χ4v) is 5.63. The third-order valence-electron chi connectivity index (χ3n) is 7.38. The summed E-state index contributed by atoms with van der Waals surface area (Å²) in [5, 5.41) is 22.3. The van der Waals surface area contributed by atoms with Crippen molar-refractivity contribution < 1.29 is 32.5 Å². The summed E-state index contributed by atoms with van der Waals surface area (Å²) in [5.41, 5.74) is 1.53. The number of alkyl halides is 3. The molecule has 1 atom stereocenters. The number of amides is 1. The van der Waals surface area contributed by atoms with E-state index in [1.807, 2.05) is 10.9 Å². The Hall–Kier alpha value is -4.26. The van der Waals surface area contributed by atoms with E-state index in [1.54, 1.807) is 42.6 Å². The maximum absolute atomic E-state index is 14.0. The first-order valence-corrected chi connectivity index (χ1v) is 15.4. The Labute approximate surface area is 251 Å². The van der Waals surface area contributed by atoms with Gasteiger partial charge >= 0.3 is 6.18 Å². The minimum atomic E-state index is -4.79. The zero-order chi connectivity index (χ0) is 31.4. The van der Waals surface area contributed by atoms with Crippen molar-refractivity contribution in [2.75, 3.05) is 17.7 Å². The molecule has 232 valence electrons. The average molecular weight is 630 g/mol. The highest BCUT2D eigenvalue weighted by molar-refractivity contribution is 7.37. The Kier molecular flexibility index (Phi) is 9.33. The molecule has 5 rings (SSSR count). The van der Waals surface area contributed by atoms with Crippen molar-refractivity contribution in [2.45, 2.75) is 50.2 Å². The first kappa shape index (κ1) is 31.2. The van der Waals surface area contributed by atoms with E-state index in [2.05, 4.69) is 31.0 Å². The van der Waals surface area contributed by atoms with Gasteiger partial charge in [0.1, 0.15) is 11.4 Å². The molecule has 2 aromatic carbocycles. The minimum Gasteiger partial charge on any atom is -0.393 e. The van der Waals surface area contributed by atoms with Gasteiger partial charge in [0, 0.05) is 36.9 Å². The molecule has 2 aromatic heterocycles. The van der Waals surface area contributed by atoms with Gasteiger partial charge in [0.2, 0.25) is 5.95 Å². The molecule has 5 N–H and O–H groups in total. The molecule has 1 aliphatic carbocycles. The van der Waals surface area contributed by atoms with E-state index in [-0.39, 0.29) is 35.5 Å². The number of rotatable bonds is 9. The number of carbonyl (C=O) groups excluding carboxylic acids is 1. The molecule has 1 fully saturated rings. The predicted octanol–water partition coefficient (Wildman–Crippen LogP) is 5.65. The Bertz CT molecular complexity index is 1660. The second kappa shape index (κ2) is 13.2. The molecule has 44 heavy (non-hydrogen) atoms. The van der Waals surface area contributed by atoms with Crippen molar-refractivity contribution in [1.82, 2.24) is 25.1 Å². The average Bonchev–Trinajstić information content (AvgIpc) is 3.48. The summed E-state index contributed by atoms with van der Waals surface area (Å²) in [4.78, 5) is 29.9. The molecule has 1 amide bonds. The summed E-state index contributed by atoms with van der Waals surface area (Å²) in [6.07, 6.45) is 2.09. The number of aromatic nitrogens is 4. The van der Waals surface area contributed by atoms with Crippen molar-refractivity contribution in [3.8, 4) is 11.1 Å². The largest absolute Gasteiger partial charge is 0.421 e. The normalized spacial score (nSPS) is 17.6. The molecule has 4 aromatic rings. The van der Waals surface area contributed by atoms with Gasteiger partial charge in [-0.1, -0.05) is 18.2 Å². The standard InChI is InChI=1S/C29H31F3N7O4P/c1-33-27(41)23-12-18(19-13-35-39(15-19)21-7-9-22(40)10-8-21)4-11-25(23)37-26-24(29(30,31)32)14-34-28(38-26)36-20-5-2-17(3-6-20)16-44(42)43/h2-6,11-15,21-22,40,44H,7-10,16H2,1H3,(H,33,41)(H,42,43)(H2,34,36,37,38)/t21-,22-. The Morgan fingerprint density at radius 2 is 1.77 bits per heavy atom. The fraction of sp³-hybridized carbons (Fsp3) is 0.310. The van der Waals surface area contributed by atoms with Crippen LogP contribution in [0.1, 0.15) is 53.2 Å². The maximum Gasteiger partial charge on any atom is 0.421 e. The van der Waals surface area contributed by atoms with Gasteiger partial charge < -0.3 is 26.0 Å². The molecule has 15 heteroatoms. The van der Waals surface area contributed by atoms with E-state index < -0.39 is 31.5 Å². The monoisotopic (exact) mass is 629 g/mol. The van der Waals surface area contributed by atoms with Crippen molar-refractivity contribution in [1.29, 1.82) is 0 Å². The van der Waals surface area contributed by atoms with Crippen LogP contribution in [0.4, 0.5) is 36.3 Å². The number of halogens is 3. The minimum absolute atomic E-state index is 0.0100. The lowest BCUT2D eigenvalue weighted by molar-refractivity contribution is -0.137. The molecular weight excluding hydrogens is 598 g/mol. The molecule has 0 aliphatic heterocycles. The van der Waals surface area contributed by atoms with Crippen molar-refractivity contribution in [2.24, 2.45) is 0 Å². The smallest absolute Gasteiger partial charge is 0.393 e. The van der Waals surface area contributed by atoms with Crippen molar-refractivity contribution in [3.63, 3.8) is 0 Å². The van der Waals surface area contributed by atoms with Crippen LogP contribution in [0.2, 0.25) is 0 Å². The number of benzene rings is 2. The van der Waals surface area contributed by atoms with Crippen LogP contribution in [0, 0.1) is 0 Å². The molecule has 1 saturated carbocycles. The van der Waals surface area contributed by atoms with E-state index in [0.717, 1.165) is 18.4 Å². The number of anilines is 4. The van der Waals surface area contributed by atoms with Crippen molar-refractivity contribution >= 4 is 37.1 Å². The van der Waals surface area contributed by atoms with Crippen LogP contribution in [-0.2, 0) is 16.9 Å². The number of aliphatic hydroxyl groups excluding tert-OH is 1. The number of carbonyl (C=O) groups is 1. The van der Waals surface area contributed by atoms with Gasteiger partial charge in [0.05, 0.1) is 29.6 Å². The van der Waals surface area contributed by atoms with Crippen LogP contribution in [0.3, 0.4) is 0 Å². The number of aliphatic hydroxyl groups is 1. The quantitative estimate of drug-likeness (QED) is 0.148. The van der Waals surface area contributed by atoms with Gasteiger partial charge in [-0.2, -0.15) is 23.3 Å².